The van der Waals surface area contributed by atoms with Gasteiger partial charge in [-0.2, -0.15) is 0 Å². The highest BCUT2D eigenvalue weighted by Gasteiger charge is 2.46. The van der Waals surface area contributed by atoms with E-state index in [4.69, 9.17) is 4.52 Å². The van der Waals surface area contributed by atoms with Crippen molar-refractivity contribution in [1.29, 1.82) is 0 Å². The molecule has 1 aromatic heterocycles. The molecule has 2 fully saturated rings. The first-order chi connectivity index (χ1) is 13.6. The summed E-state index contributed by atoms with van der Waals surface area (Å²) < 4.78 is 5.45. The maximum absolute atomic E-state index is 13.1. The van der Waals surface area contributed by atoms with Crippen LogP contribution < -0.4 is 5.32 Å². The molecule has 2 atom stereocenters. The lowest BCUT2D eigenvalue weighted by atomic mass is 9.89. The highest BCUT2D eigenvalue weighted by atomic mass is 16.5. The first kappa shape index (κ1) is 21.8. The largest absolute Gasteiger partial charge is 0.360 e. The van der Waals surface area contributed by atoms with Gasteiger partial charge in [-0.1, -0.05) is 45.2 Å². The number of carbonyl (C=O) groups excluding carboxylic acids is 2. The lowest BCUT2D eigenvalue weighted by Gasteiger charge is -2.36. The Morgan fingerprint density at radius 3 is 2.52 bits per heavy atom. The van der Waals surface area contributed by atoms with E-state index in [0.29, 0.717) is 0 Å². The van der Waals surface area contributed by atoms with Crippen molar-refractivity contribution in [2.45, 2.75) is 97.7 Å². The number of nitrogens with zero attached hydrogens (tertiary/aromatic N) is 3. The highest BCUT2D eigenvalue weighted by Crippen LogP contribution is 2.30. The van der Waals surface area contributed by atoms with E-state index in [1.807, 2.05) is 30.9 Å². The van der Waals surface area contributed by atoms with E-state index in [0.717, 1.165) is 49.8 Å². The summed E-state index contributed by atoms with van der Waals surface area (Å²) in [5.41, 5.74) is 1.23. The Morgan fingerprint density at radius 1 is 1.24 bits per heavy atom. The fourth-order valence-electron chi connectivity index (χ4n) is 4.37. The summed E-state index contributed by atoms with van der Waals surface area (Å²) >= 11 is 0. The molecule has 1 aromatic rings. The predicted octanol–water partition coefficient (Wildman–Crippen LogP) is 3.47. The molecule has 1 saturated heterocycles. The van der Waals surface area contributed by atoms with Crippen LogP contribution in [-0.2, 0) is 11.2 Å². The monoisotopic (exact) mass is 404 g/mol. The average molecular weight is 405 g/mol. The number of likely N-dealkylation sites (N-methyl/N-ethyl adjacent to an activating group) is 1. The van der Waals surface area contributed by atoms with Crippen LogP contribution >= 0.6 is 0 Å². The maximum atomic E-state index is 13.1. The summed E-state index contributed by atoms with van der Waals surface area (Å²) in [6, 6.07) is -0.423. The van der Waals surface area contributed by atoms with Gasteiger partial charge in [-0.05, 0) is 38.5 Å². The van der Waals surface area contributed by atoms with Crippen LogP contribution in [0.1, 0.15) is 88.0 Å². The molecule has 2 heterocycles. The van der Waals surface area contributed by atoms with Crippen LogP contribution in [0, 0.1) is 12.3 Å². The second-order valence-corrected chi connectivity index (χ2v) is 9.88. The Kier molecular flexibility index (Phi) is 6.36. The summed E-state index contributed by atoms with van der Waals surface area (Å²) in [6.45, 7) is 10.4. The molecule has 162 valence electrons. The number of hydrogen-bond donors (Lipinski definition) is 1. The molecule has 7 nitrogen and oxygen atoms in total. The standard InChI is InChI=1S/C22H36N4O3/c1-14-17(12-13-22(3,4)5)29-24-18(14)20(27)23-19-15(2)25(6)26(21(19)28)16-10-8-7-9-11-16/h15-16,19H,7-13H2,1-6H3,(H,23,27)/t15?,19-/m1/s1. The minimum absolute atomic E-state index is 0.0191. The number of nitrogens with one attached hydrogen (secondary N) is 1. The SMILES string of the molecule is Cc1c(C(=O)N[C@H]2C(=O)N(C3CCCCC3)N(C)C2C)noc1CCC(C)(C)C. The van der Waals surface area contributed by atoms with Gasteiger partial charge in [0.25, 0.3) is 11.8 Å². The fraction of sp³-hybridized carbons (Fsp3) is 0.773. The van der Waals surface area contributed by atoms with Gasteiger partial charge in [-0.25, -0.2) is 5.01 Å². The van der Waals surface area contributed by atoms with Crippen molar-refractivity contribution in [2.75, 3.05) is 7.05 Å². The first-order valence-corrected chi connectivity index (χ1v) is 10.9. The number of aromatic nitrogens is 1. The second kappa shape index (κ2) is 8.46. The van der Waals surface area contributed by atoms with Crippen molar-refractivity contribution in [3.05, 3.63) is 17.0 Å². The number of hydrazine groups is 1. The molecule has 0 radical (unpaired) electrons. The number of amides is 2. The van der Waals surface area contributed by atoms with Gasteiger partial charge < -0.3 is 9.84 Å². The van der Waals surface area contributed by atoms with E-state index in [2.05, 4.69) is 31.2 Å². The van der Waals surface area contributed by atoms with Gasteiger partial charge in [0.1, 0.15) is 11.8 Å². The van der Waals surface area contributed by atoms with Crippen LogP contribution in [-0.4, -0.2) is 52.2 Å². The topological polar surface area (TPSA) is 78.7 Å². The van der Waals surface area contributed by atoms with Crippen molar-refractivity contribution in [3.8, 4) is 0 Å². The molecule has 29 heavy (non-hydrogen) atoms. The predicted molar refractivity (Wildman–Crippen MR) is 111 cm³/mol. The van der Waals surface area contributed by atoms with Crippen LogP contribution in [0.2, 0.25) is 0 Å². The molecule has 1 aliphatic heterocycles. The maximum Gasteiger partial charge on any atom is 0.274 e. The van der Waals surface area contributed by atoms with E-state index >= 15 is 0 Å². The van der Waals surface area contributed by atoms with Gasteiger partial charge in [0.05, 0.1) is 6.04 Å². The van der Waals surface area contributed by atoms with E-state index in [-0.39, 0.29) is 35.0 Å². The lowest BCUT2D eigenvalue weighted by molar-refractivity contribution is -0.143. The third-order valence-corrected chi connectivity index (χ3v) is 6.45. The van der Waals surface area contributed by atoms with Gasteiger partial charge in [0.2, 0.25) is 0 Å². The quantitative estimate of drug-likeness (QED) is 0.813. The Labute approximate surface area is 174 Å². The lowest BCUT2D eigenvalue weighted by Crippen LogP contribution is -2.47. The molecule has 1 unspecified atom stereocenters. The Hall–Kier alpha value is -1.89. The zero-order valence-electron chi connectivity index (χ0n) is 18.7. The van der Waals surface area contributed by atoms with E-state index in [9.17, 15) is 9.59 Å². The molecule has 1 N–H and O–H groups in total. The summed E-state index contributed by atoms with van der Waals surface area (Å²) in [5.74, 6) is 0.392. The minimum Gasteiger partial charge on any atom is -0.360 e. The number of carbonyl (C=O) groups is 2. The van der Waals surface area contributed by atoms with Crippen LogP contribution in [0.3, 0.4) is 0 Å². The summed E-state index contributed by atoms with van der Waals surface area (Å²) in [6.07, 6.45) is 7.30. The normalized spacial score (nSPS) is 24.3. The number of rotatable bonds is 5. The van der Waals surface area contributed by atoms with Crippen LogP contribution in [0.25, 0.3) is 0 Å². The highest BCUT2D eigenvalue weighted by molar-refractivity contribution is 5.98. The van der Waals surface area contributed by atoms with Crippen molar-refractivity contribution >= 4 is 11.8 Å². The Balaban J connectivity index is 1.68. The fourth-order valence-corrected chi connectivity index (χ4v) is 4.37. The summed E-state index contributed by atoms with van der Waals surface area (Å²) in [7, 11) is 1.94. The molecular formula is C22H36N4O3. The van der Waals surface area contributed by atoms with Crippen LogP contribution in [0.15, 0.2) is 4.52 Å². The smallest absolute Gasteiger partial charge is 0.274 e. The van der Waals surface area contributed by atoms with Crippen molar-refractivity contribution < 1.29 is 14.1 Å². The van der Waals surface area contributed by atoms with Crippen LogP contribution in [0.5, 0.6) is 0 Å². The Morgan fingerprint density at radius 2 is 1.90 bits per heavy atom. The second-order valence-electron chi connectivity index (χ2n) is 9.88. The molecule has 0 aromatic carbocycles. The molecule has 0 bridgehead atoms. The molecule has 2 aliphatic rings. The van der Waals surface area contributed by atoms with Gasteiger partial charge in [0.15, 0.2) is 5.69 Å². The molecule has 3 rings (SSSR count). The Bertz CT molecular complexity index is 746. The van der Waals surface area contributed by atoms with Crippen LogP contribution in [0.4, 0.5) is 0 Å². The average Bonchev–Trinajstić information content (AvgIpc) is 3.13. The molecule has 7 heteroatoms. The minimum atomic E-state index is -0.566. The summed E-state index contributed by atoms with van der Waals surface area (Å²) in [5, 5.41) is 10.8. The molecule has 1 saturated carbocycles. The first-order valence-electron chi connectivity index (χ1n) is 10.9. The zero-order chi connectivity index (χ0) is 21.3. The van der Waals surface area contributed by atoms with E-state index in [1.54, 1.807) is 0 Å². The zero-order valence-corrected chi connectivity index (χ0v) is 18.7. The van der Waals surface area contributed by atoms with Gasteiger partial charge in [-0.3, -0.25) is 14.6 Å². The molecular weight excluding hydrogens is 368 g/mol. The molecule has 1 aliphatic carbocycles. The summed E-state index contributed by atoms with van der Waals surface area (Å²) in [4.78, 5) is 26.0. The molecule has 0 spiro atoms. The van der Waals surface area contributed by atoms with Gasteiger partial charge in [0, 0.05) is 25.1 Å². The van der Waals surface area contributed by atoms with E-state index in [1.165, 1.54) is 6.42 Å². The third kappa shape index (κ3) is 4.65. The van der Waals surface area contributed by atoms with Gasteiger partial charge >= 0.3 is 0 Å². The van der Waals surface area contributed by atoms with E-state index < -0.39 is 6.04 Å². The van der Waals surface area contributed by atoms with Crippen molar-refractivity contribution in [2.24, 2.45) is 5.41 Å². The van der Waals surface area contributed by atoms with Crippen molar-refractivity contribution in [1.82, 2.24) is 20.5 Å². The van der Waals surface area contributed by atoms with Gasteiger partial charge in [-0.15, -0.1) is 0 Å². The number of aryl methyl sites for hydroxylation is 1. The number of hydrogen-bond acceptors (Lipinski definition) is 5. The van der Waals surface area contributed by atoms with Crippen molar-refractivity contribution in [3.63, 3.8) is 0 Å². The third-order valence-electron chi connectivity index (χ3n) is 6.45. The molecule has 2 amide bonds.